The smallest absolute Gasteiger partial charge is 0.200 e. The molecule has 3 rings (SSSR count). The predicted molar refractivity (Wildman–Crippen MR) is 72.4 cm³/mol. The summed E-state index contributed by atoms with van der Waals surface area (Å²) < 4.78 is 6.47. The zero-order valence-electron chi connectivity index (χ0n) is 9.11. The largest absolute Gasteiger partial charge is 0.456 e. The van der Waals surface area contributed by atoms with Crippen molar-refractivity contribution in [2.45, 2.75) is 0 Å². The SMILES string of the molecule is N#Cc1ccc2oc3ccc(Br)cc3c(=O)c2c1. The summed E-state index contributed by atoms with van der Waals surface area (Å²) in [5.41, 5.74) is 1.36. The summed E-state index contributed by atoms with van der Waals surface area (Å²) in [5, 5.41) is 9.79. The van der Waals surface area contributed by atoms with Crippen LogP contribution in [0.25, 0.3) is 21.9 Å². The molecular weight excluding hydrogens is 294 g/mol. The van der Waals surface area contributed by atoms with E-state index in [9.17, 15) is 4.79 Å². The van der Waals surface area contributed by atoms with Crippen molar-refractivity contribution in [1.29, 1.82) is 5.26 Å². The summed E-state index contributed by atoms with van der Waals surface area (Å²) in [7, 11) is 0. The van der Waals surface area contributed by atoms with Crippen LogP contribution >= 0.6 is 15.9 Å². The van der Waals surface area contributed by atoms with Gasteiger partial charge in [-0.25, -0.2) is 0 Å². The van der Waals surface area contributed by atoms with Gasteiger partial charge in [-0.3, -0.25) is 4.79 Å². The van der Waals surface area contributed by atoms with Gasteiger partial charge >= 0.3 is 0 Å². The van der Waals surface area contributed by atoms with Crippen molar-refractivity contribution < 1.29 is 4.42 Å². The highest BCUT2D eigenvalue weighted by molar-refractivity contribution is 9.10. The van der Waals surface area contributed by atoms with Crippen molar-refractivity contribution in [2.24, 2.45) is 0 Å². The fourth-order valence-corrected chi connectivity index (χ4v) is 2.26. The quantitative estimate of drug-likeness (QED) is 0.596. The summed E-state index contributed by atoms with van der Waals surface area (Å²) >= 11 is 3.33. The second kappa shape index (κ2) is 3.97. The molecule has 18 heavy (non-hydrogen) atoms. The van der Waals surface area contributed by atoms with Gasteiger partial charge in [-0.1, -0.05) is 15.9 Å². The first-order valence-electron chi connectivity index (χ1n) is 5.25. The van der Waals surface area contributed by atoms with E-state index in [1.54, 1.807) is 30.3 Å². The minimum atomic E-state index is -0.121. The van der Waals surface area contributed by atoms with Crippen LogP contribution in [0, 0.1) is 11.3 Å². The molecule has 0 radical (unpaired) electrons. The lowest BCUT2D eigenvalue weighted by Gasteiger charge is -2.01. The summed E-state index contributed by atoms with van der Waals surface area (Å²) in [4.78, 5) is 12.3. The number of rotatable bonds is 0. The Labute approximate surface area is 110 Å². The zero-order valence-corrected chi connectivity index (χ0v) is 10.7. The van der Waals surface area contributed by atoms with E-state index in [0.29, 0.717) is 27.5 Å². The number of halogens is 1. The number of fused-ring (bicyclic) bond motifs is 2. The van der Waals surface area contributed by atoms with Crippen LogP contribution < -0.4 is 5.43 Å². The van der Waals surface area contributed by atoms with Gasteiger partial charge in [-0.05, 0) is 36.4 Å². The standard InChI is InChI=1S/C14H6BrNO2/c15-9-2-4-13-11(6-9)14(17)10-5-8(7-16)1-3-12(10)18-13/h1-6H. The highest BCUT2D eigenvalue weighted by Gasteiger charge is 2.08. The average molecular weight is 300 g/mol. The van der Waals surface area contributed by atoms with E-state index in [4.69, 9.17) is 9.68 Å². The zero-order chi connectivity index (χ0) is 12.7. The molecule has 0 saturated carbocycles. The molecule has 0 saturated heterocycles. The van der Waals surface area contributed by atoms with Crippen LogP contribution in [0.3, 0.4) is 0 Å². The summed E-state index contributed by atoms with van der Waals surface area (Å²) in [5.74, 6) is 0. The third kappa shape index (κ3) is 1.60. The average Bonchev–Trinajstić information content (AvgIpc) is 2.40. The van der Waals surface area contributed by atoms with Crippen molar-refractivity contribution in [2.75, 3.05) is 0 Å². The third-order valence-electron chi connectivity index (χ3n) is 2.76. The van der Waals surface area contributed by atoms with E-state index < -0.39 is 0 Å². The van der Waals surface area contributed by atoms with Gasteiger partial charge in [0.05, 0.1) is 22.4 Å². The molecule has 3 aromatic rings. The third-order valence-corrected chi connectivity index (χ3v) is 3.25. The van der Waals surface area contributed by atoms with Crippen LogP contribution in [0.1, 0.15) is 5.56 Å². The molecule has 4 heteroatoms. The first kappa shape index (κ1) is 11.0. The lowest BCUT2D eigenvalue weighted by atomic mass is 10.1. The maximum Gasteiger partial charge on any atom is 0.200 e. The van der Waals surface area contributed by atoms with Gasteiger partial charge < -0.3 is 4.42 Å². The molecule has 0 spiro atoms. The summed E-state index contributed by atoms with van der Waals surface area (Å²) in [6, 6.07) is 12.1. The predicted octanol–water partition coefficient (Wildman–Crippen LogP) is 3.58. The van der Waals surface area contributed by atoms with Crippen molar-refractivity contribution >= 4 is 37.9 Å². The van der Waals surface area contributed by atoms with Crippen LogP contribution in [0.5, 0.6) is 0 Å². The minimum Gasteiger partial charge on any atom is -0.456 e. The Morgan fingerprint density at radius 3 is 2.44 bits per heavy atom. The first-order chi connectivity index (χ1) is 8.69. The number of benzene rings is 2. The molecule has 1 aromatic heterocycles. The molecule has 0 aliphatic rings. The molecule has 0 aliphatic heterocycles. The van der Waals surface area contributed by atoms with Gasteiger partial charge in [-0.15, -0.1) is 0 Å². The van der Waals surface area contributed by atoms with Gasteiger partial charge in [0.15, 0.2) is 0 Å². The van der Waals surface area contributed by atoms with Crippen LogP contribution in [-0.4, -0.2) is 0 Å². The van der Waals surface area contributed by atoms with E-state index in [2.05, 4.69) is 15.9 Å². The van der Waals surface area contributed by atoms with Crippen molar-refractivity contribution in [3.8, 4) is 6.07 Å². The molecule has 86 valence electrons. The molecule has 0 amide bonds. The number of nitrogens with zero attached hydrogens (tertiary/aromatic N) is 1. The minimum absolute atomic E-state index is 0.121. The molecule has 0 N–H and O–H groups in total. The fourth-order valence-electron chi connectivity index (χ4n) is 1.90. The maximum atomic E-state index is 12.3. The van der Waals surface area contributed by atoms with Crippen LogP contribution in [0.2, 0.25) is 0 Å². The highest BCUT2D eigenvalue weighted by Crippen LogP contribution is 2.22. The Morgan fingerprint density at radius 2 is 1.72 bits per heavy atom. The highest BCUT2D eigenvalue weighted by atomic mass is 79.9. The fraction of sp³-hybridized carbons (Fsp3) is 0. The van der Waals surface area contributed by atoms with E-state index in [-0.39, 0.29) is 5.43 Å². The Hall–Kier alpha value is -2.12. The van der Waals surface area contributed by atoms with Gasteiger partial charge in [0, 0.05) is 4.47 Å². The summed E-state index contributed by atoms with van der Waals surface area (Å²) in [6.45, 7) is 0. The normalized spacial score (nSPS) is 10.7. The Balaban J connectivity index is 2.54. The van der Waals surface area contributed by atoms with Crippen molar-refractivity contribution in [3.63, 3.8) is 0 Å². The molecular formula is C14H6BrNO2. The van der Waals surface area contributed by atoms with Gasteiger partial charge in [0.2, 0.25) is 5.43 Å². The molecule has 1 heterocycles. The lowest BCUT2D eigenvalue weighted by Crippen LogP contribution is -2.02. The van der Waals surface area contributed by atoms with Crippen molar-refractivity contribution in [1.82, 2.24) is 0 Å². The topological polar surface area (TPSA) is 54.0 Å². The molecule has 2 aromatic carbocycles. The van der Waals surface area contributed by atoms with Gasteiger partial charge in [-0.2, -0.15) is 5.26 Å². The Kier molecular flexibility index (Phi) is 2.42. The van der Waals surface area contributed by atoms with E-state index in [0.717, 1.165) is 4.47 Å². The number of hydrogen-bond acceptors (Lipinski definition) is 3. The second-order valence-corrected chi connectivity index (χ2v) is 4.81. The molecule has 0 unspecified atom stereocenters. The Morgan fingerprint density at radius 1 is 1.06 bits per heavy atom. The van der Waals surface area contributed by atoms with E-state index in [1.807, 2.05) is 12.1 Å². The van der Waals surface area contributed by atoms with E-state index >= 15 is 0 Å². The second-order valence-electron chi connectivity index (χ2n) is 3.89. The molecule has 0 atom stereocenters. The first-order valence-corrected chi connectivity index (χ1v) is 6.04. The molecule has 0 bridgehead atoms. The van der Waals surface area contributed by atoms with Crippen LogP contribution in [-0.2, 0) is 0 Å². The van der Waals surface area contributed by atoms with Crippen LogP contribution in [0.4, 0.5) is 0 Å². The number of nitriles is 1. The van der Waals surface area contributed by atoms with Gasteiger partial charge in [0.1, 0.15) is 11.2 Å². The Bertz CT molecular complexity index is 874. The number of hydrogen-bond donors (Lipinski definition) is 0. The lowest BCUT2D eigenvalue weighted by molar-refractivity contribution is 0.660. The molecule has 3 nitrogen and oxygen atoms in total. The van der Waals surface area contributed by atoms with Crippen LogP contribution in [0.15, 0.2) is 50.1 Å². The van der Waals surface area contributed by atoms with Gasteiger partial charge in [0.25, 0.3) is 0 Å². The monoisotopic (exact) mass is 299 g/mol. The molecule has 0 fully saturated rings. The maximum absolute atomic E-state index is 12.3. The van der Waals surface area contributed by atoms with E-state index in [1.165, 1.54) is 0 Å². The summed E-state index contributed by atoms with van der Waals surface area (Å²) in [6.07, 6.45) is 0. The molecule has 0 aliphatic carbocycles. The van der Waals surface area contributed by atoms with Crippen molar-refractivity contribution in [3.05, 3.63) is 56.7 Å².